The van der Waals surface area contributed by atoms with E-state index in [4.69, 9.17) is 39.5 Å². The van der Waals surface area contributed by atoms with Crippen LogP contribution in [0.1, 0.15) is 12.8 Å². The highest BCUT2D eigenvalue weighted by molar-refractivity contribution is 6.42. The molecule has 1 fully saturated rings. The van der Waals surface area contributed by atoms with E-state index in [0.717, 1.165) is 31.7 Å². The van der Waals surface area contributed by atoms with Crippen molar-refractivity contribution in [3.05, 3.63) is 28.2 Å². The second-order valence-electron chi connectivity index (χ2n) is 5.00. The summed E-state index contributed by atoms with van der Waals surface area (Å²) in [6, 6.07) is 5.32. The van der Waals surface area contributed by atoms with Crippen molar-refractivity contribution < 1.29 is 9.84 Å². The number of aliphatic hydroxyl groups excluding tert-OH is 1. The zero-order valence-electron chi connectivity index (χ0n) is 11.1. The van der Waals surface area contributed by atoms with Crippen LogP contribution < -0.4 is 4.74 Å². The first-order chi connectivity index (χ1) is 9.58. The van der Waals surface area contributed by atoms with Gasteiger partial charge in [-0.15, -0.1) is 11.6 Å². The first kappa shape index (κ1) is 16.2. The van der Waals surface area contributed by atoms with Gasteiger partial charge in [0.25, 0.3) is 0 Å². The number of halogens is 3. The smallest absolute Gasteiger partial charge is 0.121 e. The highest BCUT2D eigenvalue weighted by Gasteiger charge is 2.22. The van der Waals surface area contributed by atoms with E-state index in [-0.39, 0.29) is 12.0 Å². The van der Waals surface area contributed by atoms with Gasteiger partial charge in [-0.1, -0.05) is 23.2 Å². The normalized spacial score (nSPS) is 19.0. The molecule has 1 atom stereocenters. The van der Waals surface area contributed by atoms with Gasteiger partial charge in [-0.25, -0.2) is 0 Å². The number of piperidine rings is 1. The average molecular weight is 339 g/mol. The summed E-state index contributed by atoms with van der Waals surface area (Å²) in [7, 11) is 0. The molecule has 1 aromatic carbocycles. The van der Waals surface area contributed by atoms with E-state index in [9.17, 15) is 5.11 Å². The van der Waals surface area contributed by atoms with Gasteiger partial charge in [-0.2, -0.15) is 0 Å². The van der Waals surface area contributed by atoms with Crippen molar-refractivity contribution in [1.82, 2.24) is 4.90 Å². The fraction of sp³-hybridized carbons (Fsp3) is 0.571. The van der Waals surface area contributed by atoms with Crippen LogP contribution in [-0.4, -0.2) is 47.7 Å². The average Bonchev–Trinajstić information content (AvgIpc) is 2.45. The molecule has 6 heteroatoms. The van der Waals surface area contributed by atoms with Crippen molar-refractivity contribution in [3.63, 3.8) is 0 Å². The van der Waals surface area contributed by atoms with Gasteiger partial charge >= 0.3 is 0 Å². The maximum Gasteiger partial charge on any atom is 0.121 e. The minimum atomic E-state index is -0.454. The molecule has 0 saturated carbocycles. The number of likely N-dealkylation sites (tertiary alicyclic amines) is 1. The molecule has 0 aliphatic carbocycles. The van der Waals surface area contributed by atoms with Crippen molar-refractivity contribution in [1.29, 1.82) is 0 Å². The number of β-amino-alcohol motifs (C(OH)–C–C–N with tert-alkyl or cyclic N) is 1. The zero-order chi connectivity index (χ0) is 14.5. The van der Waals surface area contributed by atoms with Crippen LogP contribution in [0, 0.1) is 0 Å². The Morgan fingerprint density at radius 2 is 1.95 bits per heavy atom. The molecule has 1 aliphatic rings. The number of ether oxygens (including phenoxy) is 1. The Bertz CT molecular complexity index is 436. The van der Waals surface area contributed by atoms with Crippen molar-refractivity contribution in [3.8, 4) is 5.75 Å². The Labute approximate surface area is 134 Å². The summed E-state index contributed by atoms with van der Waals surface area (Å²) in [6.07, 6.45) is 1.57. The second-order valence-corrected chi connectivity index (χ2v) is 6.12. The number of nitrogens with zero attached hydrogens (tertiary/aromatic N) is 1. The minimum Gasteiger partial charge on any atom is -0.490 e. The predicted octanol–water partition coefficient (Wildman–Crippen LogP) is 3.44. The van der Waals surface area contributed by atoms with Crippen molar-refractivity contribution >= 4 is 34.8 Å². The SMILES string of the molecule is OC(CCl)CN1CCC(Oc2ccc(Cl)c(Cl)c2)CC1. The van der Waals surface area contributed by atoms with Crippen LogP contribution in [0.3, 0.4) is 0 Å². The van der Waals surface area contributed by atoms with Crippen molar-refractivity contribution in [2.24, 2.45) is 0 Å². The molecule has 1 saturated heterocycles. The van der Waals surface area contributed by atoms with E-state index >= 15 is 0 Å². The van der Waals surface area contributed by atoms with E-state index in [2.05, 4.69) is 4.90 Å². The summed E-state index contributed by atoms with van der Waals surface area (Å²) in [5.41, 5.74) is 0. The van der Waals surface area contributed by atoms with Crippen LogP contribution in [-0.2, 0) is 0 Å². The summed E-state index contributed by atoms with van der Waals surface area (Å²) in [5.74, 6) is 1.03. The Balaban J connectivity index is 1.80. The first-order valence-electron chi connectivity index (χ1n) is 6.66. The lowest BCUT2D eigenvalue weighted by Crippen LogP contribution is -2.42. The van der Waals surface area contributed by atoms with Gasteiger partial charge in [0, 0.05) is 31.6 Å². The minimum absolute atomic E-state index is 0.177. The third-order valence-corrected chi connectivity index (χ3v) is 4.47. The number of alkyl halides is 1. The first-order valence-corrected chi connectivity index (χ1v) is 7.95. The molecule has 0 amide bonds. The number of rotatable bonds is 5. The maximum absolute atomic E-state index is 9.54. The standard InChI is InChI=1S/C14H18Cl3NO2/c15-8-10(19)9-18-5-3-11(4-6-18)20-12-1-2-13(16)14(17)7-12/h1-2,7,10-11,19H,3-6,8-9H2. The molecule has 0 aromatic heterocycles. The molecule has 1 unspecified atom stereocenters. The van der Waals surface area contributed by atoms with Crippen LogP contribution in [0.5, 0.6) is 5.75 Å². The molecule has 1 aromatic rings. The summed E-state index contributed by atoms with van der Waals surface area (Å²) < 4.78 is 5.91. The van der Waals surface area contributed by atoms with Crippen LogP contribution in [0.15, 0.2) is 18.2 Å². The second kappa shape index (κ2) is 7.71. The Kier molecular flexibility index (Phi) is 6.24. The molecule has 0 spiro atoms. The summed E-state index contributed by atoms with van der Waals surface area (Å²) in [4.78, 5) is 2.21. The van der Waals surface area contributed by atoms with Crippen LogP contribution in [0.25, 0.3) is 0 Å². The van der Waals surface area contributed by atoms with E-state index in [1.165, 1.54) is 0 Å². The molecule has 112 valence electrons. The zero-order valence-corrected chi connectivity index (χ0v) is 13.3. The highest BCUT2D eigenvalue weighted by atomic mass is 35.5. The lowest BCUT2D eigenvalue weighted by Gasteiger charge is -2.33. The number of hydrogen-bond donors (Lipinski definition) is 1. The van der Waals surface area contributed by atoms with Gasteiger partial charge in [-0.05, 0) is 25.0 Å². The Hall–Kier alpha value is -0.190. The monoisotopic (exact) mass is 337 g/mol. The number of hydrogen-bond acceptors (Lipinski definition) is 3. The molecule has 1 N–H and O–H groups in total. The third-order valence-electron chi connectivity index (χ3n) is 3.38. The number of benzene rings is 1. The summed E-state index contributed by atoms with van der Waals surface area (Å²) in [6.45, 7) is 2.43. The highest BCUT2D eigenvalue weighted by Crippen LogP contribution is 2.28. The Morgan fingerprint density at radius 1 is 1.25 bits per heavy atom. The van der Waals surface area contributed by atoms with Gasteiger partial charge in [-0.3, -0.25) is 0 Å². The lowest BCUT2D eigenvalue weighted by atomic mass is 10.1. The quantitative estimate of drug-likeness (QED) is 0.835. The predicted molar refractivity (Wildman–Crippen MR) is 83.3 cm³/mol. The Morgan fingerprint density at radius 3 is 2.55 bits per heavy atom. The lowest BCUT2D eigenvalue weighted by molar-refractivity contribution is 0.0683. The van der Waals surface area contributed by atoms with Gasteiger partial charge in [0.1, 0.15) is 11.9 Å². The third kappa shape index (κ3) is 4.68. The molecule has 1 heterocycles. The fourth-order valence-electron chi connectivity index (χ4n) is 2.30. The van der Waals surface area contributed by atoms with Gasteiger partial charge < -0.3 is 14.7 Å². The van der Waals surface area contributed by atoms with Crippen LogP contribution in [0.4, 0.5) is 0 Å². The fourth-order valence-corrected chi connectivity index (χ4v) is 2.68. The van der Waals surface area contributed by atoms with Crippen LogP contribution in [0.2, 0.25) is 10.0 Å². The summed E-state index contributed by atoms with van der Waals surface area (Å²) >= 11 is 17.5. The van der Waals surface area contributed by atoms with Gasteiger partial charge in [0.2, 0.25) is 0 Å². The van der Waals surface area contributed by atoms with E-state index in [1.54, 1.807) is 12.1 Å². The van der Waals surface area contributed by atoms with Gasteiger partial charge in [0.15, 0.2) is 0 Å². The summed E-state index contributed by atoms with van der Waals surface area (Å²) in [5, 5.41) is 10.6. The van der Waals surface area contributed by atoms with Crippen molar-refractivity contribution in [2.45, 2.75) is 25.0 Å². The molecule has 3 nitrogen and oxygen atoms in total. The van der Waals surface area contributed by atoms with Crippen molar-refractivity contribution in [2.75, 3.05) is 25.5 Å². The van der Waals surface area contributed by atoms with E-state index < -0.39 is 6.10 Å². The number of aliphatic hydroxyl groups is 1. The topological polar surface area (TPSA) is 32.7 Å². The van der Waals surface area contributed by atoms with E-state index in [0.29, 0.717) is 16.6 Å². The van der Waals surface area contributed by atoms with E-state index in [1.807, 2.05) is 6.07 Å². The molecule has 20 heavy (non-hydrogen) atoms. The van der Waals surface area contributed by atoms with Gasteiger partial charge in [0.05, 0.1) is 16.1 Å². The molecule has 0 bridgehead atoms. The molecule has 0 radical (unpaired) electrons. The van der Waals surface area contributed by atoms with Crippen LogP contribution >= 0.6 is 34.8 Å². The molecule has 1 aliphatic heterocycles. The molecular weight excluding hydrogens is 321 g/mol. The molecular formula is C14H18Cl3NO2. The maximum atomic E-state index is 9.54. The molecule has 2 rings (SSSR count). The largest absolute Gasteiger partial charge is 0.490 e.